The lowest BCUT2D eigenvalue weighted by Crippen LogP contribution is -2.63. The van der Waals surface area contributed by atoms with Crippen molar-refractivity contribution in [3.05, 3.63) is 12.7 Å². The molecule has 3 rings (SSSR count). The molecule has 2 saturated carbocycles. The van der Waals surface area contributed by atoms with Crippen LogP contribution in [0.15, 0.2) is 12.7 Å². The monoisotopic (exact) mass is 615 g/mol. The molecule has 2 aliphatic carbocycles. The van der Waals surface area contributed by atoms with Gasteiger partial charge in [-0.25, -0.2) is 4.79 Å². The zero-order chi connectivity index (χ0) is 33.3. The number of nitrogens with one attached hydrogen (secondary N) is 4. The van der Waals surface area contributed by atoms with E-state index in [1.807, 2.05) is 55.4 Å². The molecule has 246 valence electrons. The van der Waals surface area contributed by atoms with Crippen molar-refractivity contribution in [2.45, 2.75) is 112 Å². The molecular weight excluding hydrogens is 562 g/mol. The summed E-state index contributed by atoms with van der Waals surface area (Å²) >= 11 is 0. The van der Waals surface area contributed by atoms with Gasteiger partial charge in [0.1, 0.15) is 17.9 Å². The Hall–Kier alpha value is -3.24. The van der Waals surface area contributed by atoms with Gasteiger partial charge in [0.2, 0.25) is 17.6 Å². The lowest BCUT2D eigenvalue weighted by atomic mass is 9.74. The standard InChI is InChI=1S/C33H53N5O6/c1-10-16-34-26(41)21(39)18-35-27(42)24-23-20(32(23,8)9)19-38(24)28(43)25(31(5,6)7)36-29(44)37-33(14-12-11-13-15-33)17-22(40)30(2,3)4/h10,20,23-25H,1,11-19H2,2-9H3,(H,34,41)(H,35,42)(H2,36,37,44)/t20-,23-,24-,25+/m0/s1. The summed E-state index contributed by atoms with van der Waals surface area (Å²) in [5.41, 5.74) is -2.08. The van der Waals surface area contributed by atoms with Crippen LogP contribution in [0, 0.1) is 28.1 Å². The van der Waals surface area contributed by atoms with Crippen molar-refractivity contribution in [2.24, 2.45) is 28.1 Å². The molecule has 1 aliphatic heterocycles. The number of carbonyl (C=O) groups excluding carboxylic acids is 6. The number of Topliss-reactive ketones (excluding diaryl/α,β-unsaturated/α-hetero) is 2. The molecule has 11 heteroatoms. The molecule has 0 aromatic carbocycles. The number of piperidine rings is 1. The van der Waals surface area contributed by atoms with E-state index in [1.165, 1.54) is 11.0 Å². The molecule has 1 saturated heterocycles. The van der Waals surface area contributed by atoms with Gasteiger partial charge in [-0.05, 0) is 35.5 Å². The minimum Gasteiger partial charge on any atom is -0.347 e. The van der Waals surface area contributed by atoms with Gasteiger partial charge in [0.05, 0.1) is 6.54 Å². The molecule has 4 N–H and O–H groups in total. The Morgan fingerprint density at radius 3 is 2.11 bits per heavy atom. The molecule has 0 radical (unpaired) electrons. The number of ketones is 2. The van der Waals surface area contributed by atoms with Crippen LogP contribution in [0.4, 0.5) is 4.79 Å². The summed E-state index contributed by atoms with van der Waals surface area (Å²) in [6, 6.07) is -2.30. The second-order valence-corrected chi connectivity index (χ2v) is 15.6. The molecule has 0 unspecified atom stereocenters. The first kappa shape index (κ1) is 35.2. The maximum absolute atomic E-state index is 14.2. The fourth-order valence-electron chi connectivity index (χ4n) is 6.80. The Morgan fingerprint density at radius 2 is 1.57 bits per heavy atom. The second kappa shape index (κ2) is 13.0. The molecule has 0 bridgehead atoms. The molecule has 3 aliphatic rings. The van der Waals surface area contributed by atoms with Crippen LogP contribution in [-0.4, -0.2) is 77.5 Å². The summed E-state index contributed by atoms with van der Waals surface area (Å²) in [7, 11) is 0. The number of nitrogens with zero attached hydrogens (tertiary/aromatic N) is 1. The van der Waals surface area contributed by atoms with Gasteiger partial charge in [-0.15, -0.1) is 6.58 Å². The van der Waals surface area contributed by atoms with Crippen molar-refractivity contribution < 1.29 is 28.8 Å². The Balaban J connectivity index is 1.77. The normalized spacial score (nSPS) is 24.3. The third-order valence-electron chi connectivity index (χ3n) is 9.76. The first-order valence-electron chi connectivity index (χ1n) is 15.9. The molecule has 0 aromatic heterocycles. The van der Waals surface area contributed by atoms with Crippen LogP contribution in [0.5, 0.6) is 0 Å². The van der Waals surface area contributed by atoms with Gasteiger partial charge in [0.25, 0.3) is 5.91 Å². The number of amides is 5. The van der Waals surface area contributed by atoms with Crippen LogP contribution in [0.1, 0.15) is 93.9 Å². The zero-order valence-corrected chi connectivity index (χ0v) is 27.9. The smallest absolute Gasteiger partial charge is 0.315 e. The van der Waals surface area contributed by atoms with Gasteiger partial charge in [-0.3, -0.25) is 24.0 Å². The Morgan fingerprint density at radius 1 is 0.955 bits per heavy atom. The predicted octanol–water partition coefficient (Wildman–Crippen LogP) is 2.88. The molecule has 4 atom stereocenters. The Labute approximate surface area is 262 Å². The quantitative estimate of drug-likeness (QED) is 0.207. The molecule has 5 amide bonds. The lowest BCUT2D eigenvalue weighted by molar-refractivity contribution is -0.144. The average molecular weight is 616 g/mol. The lowest BCUT2D eigenvalue weighted by Gasteiger charge is -2.41. The highest BCUT2D eigenvalue weighted by Crippen LogP contribution is 2.65. The van der Waals surface area contributed by atoms with Gasteiger partial charge in [-0.2, -0.15) is 0 Å². The van der Waals surface area contributed by atoms with E-state index < -0.39 is 58.6 Å². The Kier molecular flexibility index (Phi) is 10.4. The van der Waals surface area contributed by atoms with E-state index in [9.17, 15) is 28.8 Å². The number of rotatable bonds is 11. The van der Waals surface area contributed by atoms with Crippen molar-refractivity contribution in [3.8, 4) is 0 Å². The number of urea groups is 1. The first-order chi connectivity index (χ1) is 20.2. The third kappa shape index (κ3) is 7.88. The maximum Gasteiger partial charge on any atom is 0.315 e. The van der Waals surface area contributed by atoms with Crippen LogP contribution in [-0.2, 0) is 24.0 Å². The molecule has 1 heterocycles. The fourth-order valence-corrected chi connectivity index (χ4v) is 6.80. The number of hydrogen-bond acceptors (Lipinski definition) is 6. The second-order valence-electron chi connectivity index (χ2n) is 15.6. The summed E-state index contributed by atoms with van der Waals surface area (Å²) in [6.45, 7) is 18.8. The van der Waals surface area contributed by atoms with E-state index in [1.54, 1.807) is 0 Å². The van der Waals surface area contributed by atoms with E-state index in [-0.39, 0.29) is 41.9 Å². The molecule has 44 heavy (non-hydrogen) atoms. The SMILES string of the molecule is C=CCNC(=O)C(=O)CNC(=O)[C@@H]1[C@@H]2[C@H](CN1C(=O)[C@@H](NC(=O)NC1(CC(=O)C(C)(C)C)CCCCC1)C(C)(C)C)C2(C)C. The van der Waals surface area contributed by atoms with Crippen molar-refractivity contribution in [1.29, 1.82) is 0 Å². The number of likely N-dealkylation sites (tertiary alicyclic amines) is 1. The van der Waals surface area contributed by atoms with Crippen LogP contribution in [0.25, 0.3) is 0 Å². The van der Waals surface area contributed by atoms with Crippen molar-refractivity contribution in [3.63, 3.8) is 0 Å². The van der Waals surface area contributed by atoms with Crippen LogP contribution in [0.2, 0.25) is 0 Å². The molecule has 0 aromatic rings. The van der Waals surface area contributed by atoms with Gasteiger partial charge >= 0.3 is 6.03 Å². The molecular formula is C33H53N5O6. The maximum atomic E-state index is 14.2. The minimum absolute atomic E-state index is 0.0765. The van der Waals surface area contributed by atoms with Crippen LogP contribution >= 0.6 is 0 Å². The highest BCUT2D eigenvalue weighted by atomic mass is 16.2. The van der Waals surface area contributed by atoms with Crippen LogP contribution in [0.3, 0.4) is 0 Å². The number of carbonyl (C=O) groups is 6. The molecule has 11 nitrogen and oxygen atoms in total. The minimum atomic E-state index is -0.955. The zero-order valence-electron chi connectivity index (χ0n) is 27.9. The summed E-state index contributed by atoms with van der Waals surface area (Å²) in [6.07, 6.45) is 5.90. The molecule has 3 fully saturated rings. The van der Waals surface area contributed by atoms with E-state index >= 15 is 0 Å². The summed E-state index contributed by atoms with van der Waals surface area (Å²) in [4.78, 5) is 80.0. The van der Waals surface area contributed by atoms with Gasteiger partial charge < -0.3 is 26.2 Å². The highest BCUT2D eigenvalue weighted by molar-refractivity contribution is 6.37. The summed E-state index contributed by atoms with van der Waals surface area (Å²) < 4.78 is 0. The van der Waals surface area contributed by atoms with Crippen molar-refractivity contribution >= 4 is 35.3 Å². The number of hydrogen-bond donors (Lipinski definition) is 4. The van der Waals surface area contributed by atoms with E-state index in [0.29, 0.717) is 19.4 Å². The largest absolute Gasteiger partial charge is 0.347 e. The first-order valence-corrected chi connectivity index (χ1v) is 15.9. The van der Waals surface area contributed by atoms with Gasteiger partial charge in [-0.1, -0.05) is 80.7 Å². The van der Waals surface area contributed by atoms with Gasteiger partial charge in [0, 0.05) is 30.5 Å². The molecule has 0 spiro atoms. The third-order valence-corrected chi connectivity index (χ3v) is 9.76. The highest BCUT2D eigenvalue weighted by Gasteiger charge is 2.69. The number of fused-ring (bicyclic) bond motifs is 1. The van der Waals surface area contributed by atoms with E-state index in [2.05, 4.69) is 27.8 Å². The topological polar surface area (TPSA) is 154 Å². The van der Waals surface area contributed by atoms with Crippen LogP contribution < -0.4 is 21.3 Å². The Bertz CT molecular complexity index is 1170. The predicted molar refractivity (Wildman–Crippen MR) is 167 cm³/mol. The van der Waals surface area contributed by atoms with E-state index in [0.717, 1.165) is 19.3 Å². The van der Waals surface area contributed by atoms with E-state index in [4.69, 9.17) is 0 Å². The summed E-state index contributed by atoms with van der Waals surface area (Å²) in [5.74, 6) is -2.44. The fraction of sp³-hybridized carbons (Fsp3) is 0.758. The van der Waals surface area contributed by atoms with Crippen molar-refractivity contribution in [2.75, 3.05) is 19.6 Å². The average Bonchev–Trinajstić information content (AvgIpc) is 3.24. The van der Waals surface area contributed by atoms with Crippen molar-refractivity contribution in [1.82, 2.24) is 26.2 Å². The van der Waals surface area contributed by atoms with Gasteiger partial charge in [0.15, 0.2) is 0 Å². The summed E-state index contributed by atoms with van der Waals surface area (Å²) in [5, 5.41) is 11.0.